The SMILES string of the molecule is Cc1cc(C(F)(F)F)cc(C(F)(F)F)c1C(=O)NC(c1ccccc1)C(C)(C)N1CCCC1. The summed E-state index contributed by atoms with van der Waals surface area (Å²) in [6.45, 7) is 6.45. The van der Waals surface area contributed by atoms with E-state index in [4.69, 9.17) is 0 Å². The number of carbonyl (C=O) groups excluding carboxylic acids is 1. The maximum atomic E-state index is 13.7. The Labute approximate surface area is 188 Å². The zero-order valence-corrected chi connectivity index (χ0v) is 18.6. The molecule has 1 amide bonds. The molecular weight excluding hydrogens is 446 g/mol. The van der Waals surface area contributed by atoms with E-state index >= 15 is 0 Å². The predicted molar refractivity (Wildman–Crippen MR) is 113 cm³/mol. The largest absolute Gasteiger partial charge is 0.417 e. The van der Waals surface area contributed by atoms with Crippen molar-refractivity contribution in [3.05, 3.63) is 70.3 Å². The number of benzene rings is 2. The zero-order valence-electron chi connectivity index (χ0n) is 18.6. The first-order chi connectivity index (χ1) is 15.2. The van der Waals surface area contributed by atoms with Crippen LogP contribution in [-0.2, 0) is 12.4 Å². The lowest BCUT2D eigenvalue weighted by molar-refractivity contribution is -0.143. The first kappa shape index (κ1) is 25.1. The molecule has 0 radical (unpaired) electrons. The lowest BCUT2D eigenvalue weighted by Crippen LogP contribution is -2.53. The van der Waals surface area contributed by atoms with Gasteiger partial charge in [-0.25, -0.2) is 0 Å². The molecule has 0 saturated carbocycles. The average molecular weight is 472 g/mol. The molecule has 0 bridgehead atoms. The van der Waals surface area contributed by atoms with E-state index in [-0.39, 0.29) is 11.6 Å². The topological polar surface area (TPSA) is 32.3 Å². The smallest absolute Gasteiger partial charge is 0.343 e. The number of alkyl halides is 6. The summed E-state index contributed by atoms with van der Waals surface area (Å²) in [4.78, 5) is 15.4. The highest BCUT2D eigenvalue weighted by molar-refractivity contribution is 5.97. The molecule has 1 saturated heterocycles. The number of likely N-dealkylation sites (tertiary alicyclic amines) is 1. The van der Waals surface area contributed by atoms with Crippen LogP contribution in [0.1, 0.15) is 65.3 Å². The predicted octanol–water partition coefficient (Wildman–Crippen LogP) is 6.38. The Kier molecular flexibility index (Phi) is 6.84. The summed E-state index contributed by atoms with van der Waals surface area (Å²) in [7, 11) is 0. The Morgan fingerprint density at radius 2 is 1.52 bits per heavy atom. The van der Waals surface area contributed by atoms with Gasteiger partial charge in [0.15, 0.2) is 0 Å². The van der Waals surface area contributed by atoms with Crippen LogP contribution in [0.25, 0.3) is 0 Å². The molecule has 33 heavy (non-hydrogen) atoms. The molecule has 2 aromatic carbocycles. The van der Waals surface area contributed by atoms with Crippen LogP contribution in [0.5, 0.6) is 0 Å². The molecule has 1 fully saturated rings. The standard InChI is InChI=1S/C24H26F6N2O/c1-15-13-17(23(25,26)27)14-18(24(28,29)30)19(15)21(33)31-20(16-9-5-4-6-10-16)22(2,3)32-11-7-8-12-32/h4-6,9-10,13-14,20H,7-8,11-12H2,1-3H3,(H,31,33). The molecule has 1 atom stereocenters. The lowest BCUT2D eigenvalue weighted by atomic mass is 9.86. The first-order valence-electron chi connectivity index (χ1n) is 10.6. The van der Waals surface area contributed by atoms with Gasteiger partial charge >= 0.3 is 12.4 Å². The summed E-state index contributed by atoms with van der Waals surface area (Å²) < 4.78 is 80.7. The van der Waals surface area contributed by atoms with Gasteiger partial charge in [-0.2, -0.15) is 26.3 Å². The van der Waals surface area contributed by atoms with Crippen LogP contribution in [-0.4, -0.2) is 29.4 Å². The Hall–Kier alpha value is -2.55. The lowest BCUT2D eigenvalue weighted by Gasteiger charge is -2.42. The highest BCUT2D eigenvalue weighted by Crippen LogP contribution is 2.40. The van der Waals surface area contributed by atoms with Gasteiger partial charge in [-0.1, -0.05) is 30.3 Å². The van der Waals surface area contributed by atoms with E-state index < -0.39 is 46.5 Å². The number of nitrogens with zero attached hydrogens (tertiary/aromatic N) is 1. The van der Waals surface area contributed by atoms with E-state index in [1.807, 2.05) is 13.8 Å². The Bertz CT molecular complexity index is 992. The highest BCUT2D eigenvalue weighted by atomic mass is 19.4. The molecule has 1 N–H and O–H groups in total. The van der Waals surface area contributed by atoms with Crippen molar-refractivity contribution in [3.63, 3.8) is 0 Å². The summed E-state index contributed by atoms with van der Waals surface area (Å²) in [5.74, 6) is -1.06. The van der Waals surface area contributed by atoms with Crippen molar-refractivity contribution in [2.45, 2.75) is 57.5 Å². The number of hydrogen-bond acceptors (Lipinski definition) is 2. The third-order valence-corrected chi connectivity index (χ3v) is 6.23. The number of halogens is 6. The first-order valence-corrected chi connectivity index (χ1v) is 10.6. The third kappa shape index (κ3) is 5.34. The van der Waals surface area contributed by atoms with Crippen LogP contribution in [0.15, 0.2) is 42.5 Å². The summed E-state index contributed by atoms with van der Waals surface area (Å²) in [5, 5.41) is 2.72. The number of hydrogen-bond donors (Lipinski definition) is 1. The molecule has 1 heterocycles. The number of carbonyl (C=O) groups is 1. The Morgan fingerprint density at radius 1 is 0.939 bits per heavy atom. The molecule has 1 aliphatic rings. The molecule has 3 nitrogen and oxygen atoms in total. The van der Waals surface area contributed by atoms with Gasteiger partial charge in [-0.05, 0) is 70.0 Å². The highest BCUT2D eigenvalue weighted by Gasteiger charge is 2.43. The van der Waals surface area contributed by atoms with Crippen molar-refractivity contribution in [3.8, 4) is 0 Å². The molecule has 0 spiro atoms. The fourth-order valence-electron chi connectivity index (χ4n) is 4.47. The molecule has 1 aliphatic heterocycles. The Morgan fingerprint density at radius 3 is 2.03 bits per heavy atom. The van der Waals surface area contributed by atoms with Crippen molar-refractivity contribution >= 4 is 5.91 Å². The molecule has 3 rings (SSSR count). The third-order valence-electron chi connectivity index (χ3n) is 6.23. The second-order valence-electron chi connectivity index (χ2n) is 8.88. The summed E-state index contributed by atoms with van der Waals surface area (Å²) >= 11 is 0. The van der Waals surface area contributed by atoms with Crippen LogP contribution in [0.4, 0.5) is 26.3 Å². The molecule has 180 valence electrons. The van der Waals surface area contributed by atoms with E-state index in [1.54, 1.807) is 30.3 Å². The van der Waals surface area contributed by atoms with Gasteiger partial charge in [0.1, 0.15) is 0 Å². The second-order valence-corrected chi connectivity index (χ2v) is 8.88. The van der Waals surface area contributed by atoms with Crippen molar-refractivity contribution in [2.75, 3.05) is 13.1 Å². The normalized spacial score (nSPS) is 16.6. The minimum atomic E-state index is -5.13. The van der Waals surface area contributed by atoms with Gasteiger partial charge in [0, 0.05) is 5.54 Å². The monoisotopic (exact) mass is 472 g/mol. The maximum Gasteiger partial charge on any atom is 0.417 e. The molecule has 2 aromatic rings. The zero-order chi connectivity index (χ0) is 24.6. The fraction of sp³-hybridized carbons (Fsp3) is 0.458. The molecule has 0 aromatic heterocycles. The van der Waals surface area contributed by atoms with Crippen LogP contribution in [0.3, 0.4) is 0 Å². The van der Waals surface area contributed by atoms with Crippen molar-refractivity contribution in [2.24, 2.45) is 0 Å². The van der Waals surface area contributed by atoms with Gasteiger partial charge in [0.25, 0.3) is 5.91 Å². The van der Waals surface area contributed by atoms with E-state index in [0.717, 1.165) is 32.9 Å². The van der Waals surface area contributed by atoms with E-state index in [0.29, 0.717) is 11.6 Å². The quantitative estimate of drug-likeness (QED) is 0.513. The summed E-state index contributed by atoms with van der Waals surface area (Å²) in [5.41, 5.74) is -4.18. The minimum absolute atomic E-state index is 0.00501. The minimum Gasteiger partial charge on any atom is -0.343 e. The summed E-state index contributed by atoms with van der Waals surface area (Å²) in [6, 6.07) is 8.75. The van der Waals surface area contributed by atoms with E-state index in [2.05, 4.69) is 10.2 Å². The molecule has 1 unspecified atom stereocenters. The van der Waals surface area contributed by atoms with Crippen LogP contribution < -0.4 is 5.32 Å². The van der Waals surface area contributed by atoms with Gasteiger partial charge in [0.2, 0.25) is 0 Å². The van der Waals surface area contributed by atoms with Crippen molar-refractivity contribution in [1.29, 1.82) is 0 Å². The number of rotatable bonds is 5. The van der Waals surface area contributed by atoms with Gasteiger partial charge in [-0.3, -0.25) is 9.69 Å². The van der Waals surface area contributed by atoms with Crippen LogP contribution >= 0.6 is 0 Å². The van der Waals surface area contributed by atoms with Crippen molar-refractivity contribution in [1.82, 2.24) is 10.2 Å². The number of aryl methyl sites for hydroxylation is 1. The molecule has 9 heteroatoms. The van der Waals surface area contributed by atoms with Gasteiger partial charge in [-0.15, -0.1) is 0 Å². The maximum absolute atomic E-state index is 13.7. The number of nitrogens with one attached hydrogen (secondary N) is 1. The van der Waals surface area contributed by atoms with E-state index in [1.165, 1.54) is 0 Å². The fourth-order valence-corrected chi connectivity index (χ4v) is 4.47. The van der Waals surface area contributed by atoms with Crippen molar-refractivity contribution < 1.29 is 31.1 Å². The van der Waals surface area contributed by atoms with Crippen LogP contribution in [0.2, 0.25) is 0 Å². The molecular formula is C24H26F6N2O. The van der Waals surface area contributed by atoms with Crippen LogP contribution in [0, 0.1) is 6.92 Å². The summed E-state index contributed by atoms with van der Waals surface area (Å²) in [6.07, 6.45) is -8.17. The average Bonchev–Trinajstić information content (AvgIpc) is 3.26. The molecule has 0 aliphatic carbocycles. The second kappa shape index (κ2) is 9.00. The van der Waals surface area contributed by atoms with Gasteiger partial charge in [0.05, 0.1) is 22.7 Å². The van der Waals surface area contributed by atoms with Gasteiger partial charge < -0.3 is 5.32 Å². The van der Waals surface area contributed by atoms with E-state index in [9.17, 15) is 31.1 Å². The Balaban J connectivity index is 2.07. The number of amides is 1.